The molecule has 1 heterocycles. The molecular formula is C19H21BrN4O3. The number of carbonyl (C=O) groups is 1. The summed E-state index contributed by atoms with van der Waals surface area (Å²) >= 11 is 3.37. The van der Waals surface area contributed by atoms with Gasteiger partial charge in [0.1, 0.15) is 5.69 Å². The number of rotatable bonds is 6. The van der Waals surface area contributed by atoms with E-state index in [9.17, 15) is 14.9 Å². The molecule has 0 spiro atoms. The molecule has 8 heteroatoms. The van der Waals surface area contributed by atoms with Gasteiger partial charge in [-0.25, -0.2) is 0 Å². The highest BCUT2D eigenvalue weighted by molar-refractivity contribution is 9.10. The lowest BCUT2D eigenvalue weighted by atomic mass is 10.2. The summed E-state index contributed by atoms with van der Waals surface area (Å²) in [4.78, 5) is 27.2. The van der Waals surface area contributed by atoms with Crippen LogP contribution in [-0.2, 0) is 4.79 Å². The third-order valence-electron chi connectivity index (χ3n) is 4.57. The van der Waals surface area contributed by atoms with Gasteiger partial charge in [-0.1, -0.05) is 28.1 Å². The molecule has 2 aromatic rings. The molecule has 0 radical (unpaired) electrons. The van der Waals surface area contributed by atoms with Crippen LogP contribution < -0.4 is 10.2 Å². The molecule has 1 N–H and O–H groups in total. The lowest BCUT2D eigenvalue weighted by Gasteiger charge is -2.35. The molecule has 1 fully saturated rings. The molecule has 0 aromatic heterocycles. The summed E-state index contributed by atoms with van der Waals surface area (Å²) in [6.45, 7) is 3.64. The molecule has 0 atom stereocenters. The fourth-order valence-electron chi connectivity index (χ4n) is 3.11. The molecule has 0 bridgehead atoms. The fraction of sp³-hybridized carbons (Fsp3) is 0.316. The van der Waals surface area contributed by atoms with Crippen LogP contribution in [-0.4, -0.2) is 48.5 Å². The van der Waals surface area contributed by atoms with Gasteiger partial charge in [0, 0.05) is 55.4 Å². The van der Waals surface area contributed by atoms with Crippen molar-refractivity contribution in [3.05, 3.63) is 63.1 Å². The van der Waals surface area contributed by atoms with Crippen LogP contribution in [0.15, 0.2) is 53.0 Å². The zero-order chi connectivity index (χ0) is 19.2. The highest BCUT2D eigenvalue weighted by Crippen LogP contribution is 2.28. The van der Waals surface area contributed by atoms with Crippen molar-refractivity contribution in [1.29, 1.82) is 0 Å². The normalized spacial score (nSPS) is 14.8. The number of piperazine rings is 1. The minimum Gasteiger partial charge on any atom is -0.363 e. The first-order valence-corrected chi connectivity index (χ1v) is 9.58. The Labute approximate surface area is 166 Å². The number of nitrogens with one attached hydrogen (secondary N) is 1. The Kier molecular flexibility index (Phi) is 6.41. The van der Waals surface area contributed by atoms with E-state index in [0.29, 0.717) is 31.7 Å². The number of nitrogens with zero attached hydrogens (tertiary/aromatic N) is 3. The number of halogens is 1. The van der Waals surface area contributed by atoms with E-state index in [2.05, 4.69) is 26.1 Å². The number of para-hydroxylation sites is 2. The molecule has 7 nitrogen and oxygen atoms in total. The van der Waals surface area contributed by atoms with Gasteiger partial charge in [0.05, 0.1) is 4.92 Å². The monoisotopic (exact) mass is 432 g/mol. The van der Waals surface area contributed by atoms with Crippen molar-refractivity contribution >= 4 is 38.9 Å². The van der Waals surface area contributed by atoms with Gasteiger partial charge in [0.2, 0.25) is 5.91 Å². The zero-order valence-electron chi connectivity index (χ0n) is 14.8. The Bertz CT molecular complexity index is 805. The smallest absolute Gasteiger partial charge is 0.292 e. The van der Waals surface area contributed by atoms with E-state index >= 15 is 0 Å². The number of nitro groups is 1. The molecule has 3 rings (SSSR count). The first kappa shape index (κ1) is 19.3. The van der Waals surface area contributed by atoms with Crippen LogP contribution >= 0.6 is 15.9 Å². The molecular weight excluding hydrogens is 412 g/mol. The number of hydrogen-bond acceptors (Lipinski definition) is 5. The molecule has 1 saturated heterocycles. The van der Waals surface area contributed by atoms with Gasteiger partial charge in [-0.05, 0) is 30.3 Å². The van der Waals surface area contributed by atoms with E-state index in [1.807, 2.05) is 35.2 Å². The van der Waals surface area contributed by atoms with Crippen LogP contribution in [0.25, 0.3) is 0 Å². The number of amides is 1. The van der Waals surface area contributed by atoms with E-state index in [1.54, 1.807) is 12.1 Å². The quantitative estimate of drug-likeness (QED) is 0.557. The van der Waals surface area contributed by atoms with Crippen molar-refractivity contribution in [2.45, 2.75) is 6.42 Å². The standard InChI is InChI=1S/C19H21BrN4O3/c20-15-5-7-16(8-6-15)21-19(25)9-10-22-11-13-23(14-12-22)17-3-1-2-4-18(17)24(26)27/h1-8H,9-14H2,(H,21,25). The third-order valence-corrected chi connectivity index (χ3v) is 5.10. The van der Waals surface area contributed by atoms with E-state index < -0.39 is 0 Å². The molecule has 142 valence electrons. The van der Waals surface area contributed by atoms with Crippen LogP contribution in [0, 0.1) is 10.1 Å². The maximum absolute atomic E-state index is 12.1. The first-order valence-electron chi connectivity index (χ1n) is 8.79. The van der Waals surface area contributed by atoms with Gasteiger partial charge in [-0.15, -0.1) is 0 Å². The summed E-state index contributed by atoms with van der Waals surface area (Å²) in [5.41, 5.74) is 1.58. The number of carbonyl (C=O) groups excluding carboxylic acids is 1. The molecule has 1 aliphatic heterocycles. The van der Waals surface area contributed by atoms with Gasteiger partial charge < -0.3 is 10.2 Å². The number of hydrogen-bond donors (Lipinski definition) is 1. The number of anilines is 2. The summed E-state index contributed by atoms with van der Waals surface area (Å²) in [6, 6.07) is 14.3. The van der Waals surface area contributed by atoms with Crippen molar-refractivity contribution in [3.8, 4) is 0 Å². The highest BCUT2D eigenvalue weighted by Gasteiger charge is 2.23. The topological polar surface area (TPSA) is 78.7 Å². The van der Waals surface area contributed by atoms with Crippen LogP contribution in [0.2, 0.25) is 0 Å². The summed E-state index contributed by atoms with van der Waals surface area (Å²) in [5.74, 6) is -0.0153. The lowest BCUT2D eigenvalue weighted by Crippen LogP contribution is -2.47. The van der Waals surface area contributed by atoms with E-state index in [-0.39, 0.29) is 16.5 Å². The van der Waals surface area contributed by atoms with Crippen LogP contribution in [0.1, 0.15) is 6.42 Å². The maximum atomic E-state index is 12.1. The largest absolute Gasteiger partial charge is 0.363 e. The third kappa shape index (κ3) is 5.27. The van der Waals surface area contributed by atoms with Crippen LogP contribution in [0.4, 0.5) is 17.1 Å². The molecule has 1 aliphatic rings. The molecule has 2 aromatic carbocycles. The Balaban J connectivity index is 1.46. The Morgan fingerprint density at radius 3 is 2.41 bits per heavy atom. The second-order valence-corrected chi connectivity index (χ2v) is 7.30. The van der Waals surface area contributed by atoms with Crippen LogP contribution in [0.3, 0.4) is 0 Å². The zero-order valence-corrected chi connectivity index (χ0v) is 16.4. The van der Waals surface area contributed by atoms with E-state index in [0.717, 1.165) is 23.2 Å². The van der Waals surface area contributed by atoms with Crippen LogP contribution in [0.5, 0.6) is 0 Å². The molecule has 0 aliphatic carbocycles. The number of nitro benzene ring substituents is 1. The SMILES string of the molecule is O=C(CCN1CCN(c2ccccc2[N+](=O)[O-])CC1)Nc1ccc(Br)cc1. The second-order valence-electron chi connectivity index (χ2n) is 6.38. The van der Waals surface area contributed by atoms with Crippen molar-refractivity contribution in [2.24, 2.45) is 0 Å². The Morgan fingerprint density at radius 1 is 1.07 bits per heavy atom. The number of benzene rings is 2. The van der Waals surface area contributed by atoms with E-state index in [1.165, 1.54) is 6.07 Å². The maximum Gasteiger partial charge on any atom is 0.292 e. The second kappa shape index (κ2) is 8.96. The molecule has 27 heavy (non-hydrogen) atoms. The van der Waals surface area contributed by atoms with Gasteiger partial charge in [0.15, 0.2) is 0 Å². The minimum absolute atomic E-state index is 0.0153. The van der Waals surface area contributed by atoms with Gasteiger partial charge in [-0.3, -0.25) is 19.8 Å². The lowest BCUT2D eigenvalue weighted by molar-refractivity contribution is -0.384. The predicted molar refractivity (Wildman–Crippen MR) is 109 cm³/mol. The molecule has 0 saturated carbocycles. The summed E-state index contributed by atoms with van der Waals surface area (Å²) in [5, 5.41) is 14.1. The van der Waals surface area contributed by atoms with Crippen molar-refractivity contribution in [2.75, 3.05) is 42.9 Å². The minimum atomic E-state index is -0.339. The summed E-state index contributed by atoms with van der Waals surface area (Å²) in [7, 11) is 0. The average molecular weight is 433 g/mol. The summed E-state index contributed by atoms with van der Waals surface area (Å²) in [6.07, 6.45) is 0.418. The van der Waals surface area contributed by atoms with E-state index in [4.69, 9.17) is 0 Å². The fourth-order valence-corrected chi connectivity index (χ4v) is 3.38. The van der Waals surface area contributed by atoms with Crippen molar-refractivity contribution in [3.63, 3.8) is 0 Å². The average Bonchev–Trinajstić information content (AvgIpc) is 2.68. The predicted octanol–water partition coefficient (Wildman–Crippen LogP) is 3.51. The summed E-state index contributed by atoms with van der Waals surface area (Å²) < 4.78 is 0.969. The Hall–Kier alpha value is -2.45. The van der Waals surface area contributed by atoms with Gasteiger partial charge >= 0.3 is 0 Å². The van der Waals surface area contributed by atoms with Gasteiger partial charge in [0.25, 0.3) is 5.69 Å². The first-order chi connectivity index (χ1) is 13.0. The Morgan fingerprint density at radius 2 is 1.74 bits per heavy atom. The highest BCUT2D eigenvalue weighted by atomic mass is 79.9. The van der Waals surface area contributed by atoms with Crippen molar-refractivity contribution < 1.29 is 9.72 Å². The molecule has 0 unspecified atom stereocenters. The van der Waals surface area contributed by atoms with Crippen molar-refractivity contribution in [1.82, 2.24) is 4.90 Å². The molecule has 1 amide bonds. The van der Waals surface area contributed by atoms with Gasteiger partial charge in [-0.2, -0.15) is 0 Å².